The summed E-state index contributed by atoms with van der Waals surface area (Å²) < 4.78 is 18.3. The summed E-state index contributed by atoms with van der Waals surface area (Å²) in [5.41, 5.74) is 6.02. The maximum absolute atomic E-state index is 13.5. The Bertz CT molecular complexity index is 600. The fraction of sp³-hybridized carbons (Fsp3) is 0.167. The highest BCUT2D eigenvalue weighted by molar-refractivity contribution is 7.09. The Balaban J connectivity index is 2.12. The quantitative estimate of drug-likeness (QED) is 0.898. The normalized spacial score (nSPS) is 10.3. The van der Waals surface area contributed by atoms with Crippen molar-refractivity contribution < 1.29 is 13.9 Å². The Morgan fingerprint density at radius 3 is 2.95 bits per heavy atom. The molecular formula is C12H12FN3O2S. The van der Waals surface area contributed by atoms with Crippen LogP contribution in [0.15, 0.2) is 23.6 Å². The number of halogens is 1. The summed E-state index contributed by atoms with van der Waals surface area (Å²) in [7, 11) is 1.38. The largest absolute Gasteiger partial charge is 0.494 e. The van der Waals surface area contributed by atoms with Gasteiger partial charge in [0.25, 0.3) is 5.91 Å². The summed E-state index contributed by atoms with van der Waals surface area (Å²) in [6.45, 7) is 0.287. The second-order valence-electron chi connectivity index (χ2n) is 3.63. The van der Waals surface area contributed by atoms with Gasteiger partial charge in [0.1, 0.15) is 10.7 Å². The van der Waals surface area contributed by atoms with Gasteiger partial charge in [0.2, 0.25) is 0 Å². The van der Waals surface area contributed by atoms with Crippen LogP contribution in [-0.4, -0.2) is 18.0 Å². The molecule has 7 heteroatoms. The maximum Gasteiger partial charge on any atom is 0.275 e. The lowest BCUT2D eigenvalue weighted by Crippen LogP contribution is -2.13. The highest BCUT2D eigenvalue weighted by Gasteiger charge is 2.11. The molecule has 0 spiro atoms. The minimum atomic E-state index is -0.541. The molecule has 0 atom stereocenters. The molecule has 0 radical (unpaired) electrons. The molecule has 100 valence electrons. The van der Waals surface area contributed by atoms with Gasteiger partial charge in [-0.15, -0.1) is 11.3 Å². The fourth-order valence-corrected chi connectivity index (χ4v) is 2.10. The van der Waals surface area contributed by atoms with Gasteiger partial charge in [-0.1, -0.05) is 0 Å². The summed E-state index contributed by atoms with van der Waals surface area (Å²) in [5.74, 6) is -0.821. The van der Waals surface area contributed by atoms with E-state index in [0.717, 1.165) is 0 Å². The van der Waals surface area contributed by atoms with Crippen molar-refractivity contribution in [2.75, 3.05) is 12.4 Å². The van der Waals surface area contributed by atoms with Gasteiger partial charge >= 0.3 is 0 Å². The van der Waals surface area contributed by atoms with Crippen LogP contribution in [0.1, 0.15) is 15.5 Å². The third-order valence-electron chi connectivity index (χ3n) is 2.37. The molecular weight excluding hydrogens is 269 g/mol. The van der Waals surface area contributed by atoms with E-state index in [9.17, 15) is 9.18 Å². The van der Waals surface area contributed by atoms with E-state index in [1.54, 1.807) is 11.4 Å². The van der Waals surface area contributed by atoms with Crippen LogP contribution in [0.25, 0.3) is 0 Å². The Labute approximate surface area is 113 Å². The summed E-state index contributed by atoms with van der Waals surface area (Å²) in [6, 6.07) is 4.18. The van der Waals surface area contributed by atoms with Gasteiger partial charge in [0.05, 0.1) is 7.11 Å². The van der Waals surface area contributed by atoms with Crippen LogP contribution < -0.4 is 15.8 Å². The van der Waals surface area contributed by atoms with Gasteiger partial charge in [-0.25, -0.2) is 9.37 Å². The zero-order valence-corrected chi connectivity index (χ0v) is 11.0. The zero-order valence-electron chi connectivity index (χ0n) is 10.1. The van der Waals surface area contributed by atoms with Gasteiger partial charge in [-0.2, -0.15) is 0 Å². The molecule has 19 heavy (non-hydrogen) atoms. The molecule has 0 saturated heterocycles. The van der Waals surface area contributed by atoms with Gasteiger partial charge in [-0.05, 0) is 12.1 Å². The van der Waals surface area contributed by atoms with Crippen LogP contribution in [0, 0.1) is 5.82 Å². The molecule has 2 rings (SSSR count). The second-order valence-corrected chi connectivity index (χ2v) is 4.58. The third kappa shape index (κ3) is 3.07. The summed E-state index contributed by atoms with van der Waals surface area (Å²) >= 11 is 1.31. The van der Waals surface area contributed by atoms with Crippen molar-refractivity contribution in [3.8, 4) is 5.75 Å². The van der Waals surface area contributed by atoms with E-state index in [1.165, 1.54) is 30.6 Å². The Kier molecular flexibility index (Phi) is 4.08. The Morgan fingerprint density at radius 2 is 2.37 bits per heavy atom. The van der Waals surface area contributed by atoms with E-state index in [4.69, 9.17) is 10.5 Å². The van der Waals surface area contributed by atoms with Crippen molar-refractivity contribution in [2.45, 2.75) is 6.54 Å². The highest BCUT2D eigenvalue weighted by atomic mass is 32.1. The number of thiazole rings is 1. The third-order valence-corrected chi connectivity index (χ3v) is 3.24. The van der Waals surface area contributed by atoms with E-state index in [2.05, 4.69) is 10.3 Å². The zero-order chi connectivity index (χ0) is 13.8. The summed E-state index contributed by atoms with van der Waals surface area (Å²) in [5, 5.41) is 4.84. The Hall–Kier alpha value is -1.99. The first-order valence-electron chi connectivity index (χ1n) is 5.43. The molecule has 0 aliphatic rings. The first-order chi connectivity index (χ1) is 9.13. The number of nitrogens with zero attached hydrogens (tertiary/aromatic N) is 1. The second kappa shape index (κ2) is 5.77. The van der Waals surface area contributed by atoms with E-state index in [0.29, 0.717) is 10.7 Å². The van der Waals surface area contributed by atoms with Gasteiger partial charge < -0.3 is 15.8 Å². The topological polar surface area (TPSA) is 77.2 Å². The van der Waals surface area contributed by atoms with Gasteiger partial charge in [0.15, 0.2) is 11.6 Å². The fourth-order valence-electron chi connectivity index (χ4n) is 1.45. The van der Waals surface area contributed by atoms with Crippen LogP contribution in [0.4, 0.5) is 10.1 Å². The molecule has 2 aromatic rings. The lowest BCUT2D eigenvalue weighted by atomic mass is 10.3. The van der Waals surface area contributed by atoms with E-state index < -0.39 is 11.7 Å². The number of hydrogen-bond acceptors (Lipinski definition) is 5. The monoisotopic (exact) mass is 281 g/mol. The van der Waals surface area contributed by atoms with Crippen molar-refractivity contribution in [3.05, 3.63) is 40.1 Å². The highest BCUT2D eigenvalue weighted by Crippen LogP contribution is 2.21. The average Bonchev–Trinajstić information content (AvgIpc) is 2.88. The lowest BCUT2D eigenvalue weighted by molar-refractivity contribution is 0.102. The summed E-state index contributed by atoms with van der Waals surface area (Å²) in [4.78, 5) is 15.9. The predicted molar refractivity (Wildman–Crippen MR) is 70.9 cm³/mol. The number of carbonyl (C=O) groups excluding carboxylic acids is 1. The van der Waals surface area contributed by atoms with Gasteiger partial charge in [-0.3, -0.25) is 4.79 Å². The molecule has 0 unspecified atom stereocenters. The van der Waals surface area contributed by atoms with Crippen LogP contribution in [0.2, 0.25) is 0 Å². The number of anilines is 1. The smallest absolute Gasteiger partial charge is 0.275 e. The molecule has 3 N–H and O–H groups in total. The van der Waals surface area contributed by atoms with E-state index in [1.807, 2.05) is 0 Å². The number of benzene rings is 1. The number of aromatic nitrogens is 1. The number of hydrogen-bond donors (Lipinski definition) is 2. The van der Waals surface area contributed by atoms with Crippen LogP contribution in [0.3, 0.4) is 0 Å². The number of rotatable bonds is 4. The molecule has 0 saturated carbocycles. The molecule has 1 aromatic heterocycles. The first kappa shape index (κ1) is 13.4. The maximum atomic E-state index is 13.5. The lowest BCUT2D eigenvalue weighted by Gasteiger charge is -2.06. The van der Waals surface area contributed by atoms with E-state index in [-0.39, 0.29) is 18.0 Å². The van der Waals surface area contributed by atoms with Crippen LogP contribution in [-0.2, 0) is 6.54 Å². The molecule has 1 heterocycles. The number of nitrogens with one attached hydrogen (secondary N) is 1. The number of methoxy groups -OCH3 is 1. The predicted octanol–water partition coefficient (Wildman–Crippen LogP) is 2.00. The average molecular weight is 281 g/mol. The molecule has 1 amide bonds. The molecule has 0 fully saturated rings. The molecule has 0 bridgehead atoms. The SMILES string of the molecule is COc1ccc(NC(=O)c2csc(CN)n2)cc1F. The molecule has 5 nitrogen and oxygen atoms in total. The van der Waals surface area contributed by atoms with E-state index >= 15 is 0 Å². The number of nitrogens with two attached hydrogens (primary N) is 1. The van der Waals surface area contributed by atoms with Crippen molar-refractivity contribution in [1.29, 1.82) is 0 Å². The minimum Gasteiger partial charge on any atom is -0.494 e. The Morgan fingerprint density at radius 1 is 1.58 bits per heavy atom. The number of amides is 1. The van der Waals surface area contributed by atoms with Crippen molar-refractivity contribution in [1.82, 2.24) is 4.98 Å². The molecule has 0 aliphatic carbocycles. The molecule has 1 aromatic carbocycles. The first-order valence-corrected chi connectivity index (χ1v) is 6.31. The van der Waals surface area contributed by atoms with Crippen molar-refractivity contribution in [2.24, 2.45) is 5.73 Å². The number of ether oxygens (including phenoxy) is 1. The van der Waals surface area contributed by atoms with Gasteiger partial charge in [0, 0.05) is 23.7 Å². The molecule has 0 aliphatic heterocycles. The summed E-state index contributed by atoms with van der Waals surface area (Å²) in [6.07, 6.45) is 0. The standard InChI is InChI=1S/C12H12FN3O2S/c1-18-10-3-2-7(4-8(10)13)15-12(17)9-6-19-11(5-14)16-9/h2-4,6H,5,14H2,1H3,(H,15,17). The minimum absolute atomic E-state index is 0.122. The van der Waals surface area contributed by atoms with Crippen LogP contribution in [0.5, 0.6) is 5.75 Å². The van der Waals surface area contributed by atoms with Crippen molar-refractivity contribution >= 4 is 22.9 Å². The van der Waals surface area contributed by atoms with Crippen molar-refractivity contribution in [3.63, 3.8) is 0 Å². The van der Waals surface area contributed by atoms with Crippen LogP contribution >= 0.6 is 11.3 Å². The number of carbonyl (C=O) groups is 1.